The molecule has 1 atom stereocenters. The molecular formula is C20H21N3O2S. The molecular weight excluding hydrogens is 346 g/mol. The standard InChI is InChI=1S/C20H21N3O2S/c1-3-25-20(24)13-5-7-14(8-6-13)23-18-17-15-9-4-12(2)10-16(15)26-19(17)22-11-21-18/h5-8,11-12H,3-4,9-10H2,1-2H3,(H,21,22,23). The number of aromatic nitrogens is 2. The van der Waals surface area contributed by atoms with Gasteiger partial charge in [0.05, 0.1) is 17.6 Å². The van der Waals surface area contributed by atoms with E-state index in [4.69, 9.17) is 4.74 Å². The quantitative estimate of drug-likeness (QED) is 0.675. The SMILES string of the molecule is CCOC(=O)c1ccc(Nc2ncnc3sc4c(c23)CCC(C)C4)cc1. The van der Waals surface area contributed by atoms with Crippen molar-refractivity contribution in [1.82, 2.24) is 9.97 Å². The number of carbonyl (C=O) groups excluding carboxylic acids is 1. The van der Waals surface area contributed by atoms with E-state index in [0.717, 1.165) is 40.5 Å². The normalized spacial score (nSPS) is 16.3. The van der Waals surface area contributed by atoms with Crippen LogP contribution in [0.5, 0.6) is 0 Å². The summed E-state index contributed by atoms with van der Waals surface area (Å²) in [6.45, 7) is 4.49. The van der Waals surface area contributed by atoms with Crippen LogP contribution in [0.25, 0.3) is 10.2 Å². The summed E-state index contributed by atoms with van der Waals surface area (Å²) >= 11 is 1.79. The van der Waals surface area contributed by atoms with Gasteiger partial charge in [-0.1, -0.05) is 6.92 Å². The number of fused-ring (bicyclic) bond motifs is 3. The molecule has 0 saturated carbocycles. The van der Waals surface area contributed by atoms with E-state index in [1.807, 2.05) is 12.1 Å². The van der Waals surface area contributed by atoms with Crippen LogP contribution in [0.2, 0.25) is 0 Å². The van der Waals surface area contributed by atoms with E-state index in [2.05, 4.69) is 22.2 Å². The molecule has 1 aliphatic rings. The van der Waals surface area contributed by atoms with E-state index >= 15 is 0 Å². The first-order valence-electron chi connectivity index (χ1n) is 8.95. The van der Waals surface area contributed by atoms with Crippen molar-refractivity contribution in [2.45, 2.75) is 33.1 Å². The molecule has 1 aromatic carbocycles. The molecule has 1 aliphatic carbocycles. The lowest BCUT2D eigenvalue weighted by atomic mass is 9.89. The van der Waals surface area contributed by atoms with Crippen LogP contribution in [0.3, 0.4) is 0 Å². The van der Waals surface area contributed by atoms with E-state index in [1.54, 1.807) is 36.7 Å². The Balaban J connectivity index is 1.64. The number of hydrogen-bond acceptors (Lipinski definition) is 6. The van der Waals surface area contributed by atoms with Crippen molar-refractivity contribution < 1.29 is 9.53 Å². The van der Waals surface area contributed by atoms with Gasteiger partial charge in [-0.25, -0.2) is 14.8 Å². The third-order valence-electron chi connectivity index (χ3n) is 4.75. The Labute approximate surface area is 156 Å². The highest BCUT2D eigenvalue weighted by Gasteiger charge is 2.23. The second-order valence-electron chi connectivity index (χ2n) is 6.68. The van der Waals surface area contributed by atoms with E-state index in [-0.39, 0.29) is 5.97 Å². The number of ether oxygens (including phenoxy) is 1. The maximum atomic E-state index is 11.8. The Morgan fingerprint density at radius 2 is 2.12 bits per heavy atom. The molecule has 26 heavy (non-hydrogen) atoms. The number of rotatable bonds is 4. The van der Waals surface area contributed by atoms with Gasteiger partial charge in [-0.05, 0) is 61.9 Å². The lowest BCUT2D eigenvalue weighted by molar-refractivity contribution is 0.0526. The van der Waals surface area contributed by atoms with Gasteiger partial charge in [-0.2, -0.15) is 0 Å². The summed E-state index contributed by atoms with van der Waals surface area (Å²) in [7, 11) is 0. The molecule has 0 radical (unpaired) electrons. The Morgan fingerprint density at radius 1 is 1.31 bits per heavy atom. The molecule has 1 N–H and O–H groups in total. The minimum absolute atomic E-state index is 0.301. The third kappa shape index (κ3) is 3.17. The molecule has 6 heteroatoms. The first-order chi connectivity index (χ1) is 12.7. The van der Waals surface area contributed by atoms with E-state index in [1.165, 1.54) is 16.9 Å². The second-order valence-corrected chi connectivity index (χ2v) is 7.76. The summed E-state index contributed by atoms with van der Waals surface area (Å²) in [6, 6.07) is 7.29. The van der Waals surface area contributed by atoms with Crippen LogP contribution in [0.1, 0.15) is 41.1 Å². The molecule has 3 aromatic rings. The van der Waals surface area contributed by atoms with Crippen LogP contribution < -0.4 is 5.32 Å². The van der Waals surface area contributed by atoms with Crippen LogP contribution in [-0.4, -0.2) is 22.5 Å². The van der Waals surface area contributed by atoms with Gasteiger partial charge < -0.3 is 10.1 Å². The predicted octanol–water partition coefficient (Wildman–Crippen LogP) is 4.74. The predicted molar refractivity (Wildman–Crippen MR) is 104 cm³/mol. The minimum Gasteiger partial charge on any atom is -0.462 e. The summed E-state index contributed by atoms with van der Waals surface area (Å²) in [5.74, 6) is 1.27. The van der Waals surface area contributed by atoms with Gasteiger partial charge in [0.25, 0.3) is 0 Å². The second kappa shape index (κ2) is 7.03. The topological polar surface area (TPSA) is 64.1 Å². The van der Waals surface area contributed by atoms with Gasteiger partial charge in [0.1, 0.15) is 17.0 Å². The number of nitrogens with zero attached hydrogens (tertiary/aromatic N) is 2. The Hall–Kier alpha value is -2.47. The Bertz CT molecular complexity index is 950. The number of hydrogen-bond donors (Lipinski definition) is 1. The fraction of sp³-hybridized carbons (Fsp3) is 0.350. The zero-order valence-corrected chi connectivity index (χ0v) is 15.7. The smallest absolute Gasteiger partial charge is 0.338 e. The highest BCUT2D eigenvalue weighted by molar-refractivity contribution is 7.19. The van der Waals surface area contributed by atoms with Crippen LogP contribution >= 0.6 is 11.3 Å². The van der Waals surface area contributed by atoms with Crippen molar-refractivity contribution in [3.05, 3.63) is 46.6 Å². The van der Waals surface area contributed by atoms with Crippen LogP contribution in [0.15, 0.2) is 30.6 Å². The molecule has 0 spiro atoms. The van der Waals surface area contributed by atoms with Crippen LogP contribution in [0.4, 0.5) is 11.5 Å². The molecule has 1 unspecified atom stereocenters. The molecule has 2 heterocycles. The zero-order valence-electron chi connectivity index (χ0n) is 14.9. The number of nitrogens with one attached hydrogen (secondary N) is 1. The van der Waals surface area contributed by atoms with Gasteiger partial charge >= 0.3 is 5.97 Å². The van der Waals surface area contributed by atoms with E-state index in [9.17, 15) is 4.79 Å². The highest BCUT2D eigenvalue weighted by Crippen LogP contribution is 2.40. The van der Waals surface area contributed by atoms with E-state index in [0.29, 0.717) is 12.2 Å². The molecule has 0 bridgehead atoms. The Morgan fingerprint density at radius 3 is 2.88 bits per heavy atom. The van der Waals surface area contributed by atoms with Gasteiger partial charge in [-0.15, -0.1) is 11.3 Å². The van der Waals surface area contributed by atoms with E-state index < -0.39 is 0 Å². The van der Waals surface area contributed by atoms with Crippen molar-refractivity contribution in [2.24, 2.45) is 5.92 Å². The molecule has 2 aromatic heterocycles. The summed E-state index contributed by atoms with van der Waals surface area (Å²) in [4.78, 5) is 23.2. The maximum Gasteiger partial charge on any atom is 0.338 e. The molecule has 5 nitrogen and oxygen atoms in total. The molecule has 4 rings (SSSR count). The molecule has 134 valence electrons. The summed E-state index contributed by atoms with van der Waals surface area (Å²) in [6.07, 6.45) is 5.04. The molecule has 0 fully saturated rings. The first kappa shape index (κ1) is 17.0. The minimum atomic E-state index is -0.301. The first-order valence-corrected chi connectivity index (χ1v) is 9.76. The highest BCUT2D eigenvalue weighted by atomic mass is 32.1. The number of esters is 1. The molecule has 0 aliphatic heterocycles. The summed E-state index contributed by atoms with van der Waals surface area (Å²) in [5.41, 5.74) is 2.84. The number of thiophene rings is 1. The van der Waals surface area contributed by atoms with Gasteiger partial charge in [0.2, 0.25) is 0 Å². The fourth-order valence-corrected chi connectivity index (χ4v) is 4.76. The Kier molecular flexibility index (Phi) is 4.59. The van der Waals surface area contributed by atoms with Crippen molar-refractivity contribution >= 4 is 39.0 Å². The number of anilines is 2. The van der Waals surface area contributed by atoms with Crippen molar-refractivity contribution in [3.63, 3.8) is 0 Å². The number of aryl methyl sites for hydroxylation is 1. The lowest BCUT2D eigenvalue weighted by Gasteiger charge is -2.18. The average Bonchev–Trinajstić information content (AvgIpc) is 3.01. The van der Waals surface area contributed by atoms with Crippen molar-refractivity contribution in [3.8, 4) is 0 Å². The number of carbonyl (C=O) groups is 1. The van der Waals surface area contributed by atoms with Gasteiger partial charge in [0.15, 0.2) is 0 Å². The lowest BCUT2D eigenvalue weighted by Crippen LogP contribution is -2.09. The van der Waals surface area contributed by atoms with Crippen LogP contribution in [0, 0.1) is 5.92 Å². The summed E-state index contributed by atoms with van der Waals surface area (Å²) in [5, 5.41) is 4.54. The van der Waals surface area contributed by atoms with Gasteiger partial charge in [-0.3, -0.25) is 0 Å². The largest absolute Gasteiger partial charge is 0.462 e. The number of benzene rings is 1. The zero-order chi connectivity index (χ0) is 18.1. The summed E-state index contributed by atoms with van der Waals surface area (Å²) < 4.78 is 5.03. The average molecular weight is 367 g/mol. The van der Waals surface area contributed by atoms with Gasteiger partial charge in [0, 0.05) is 10.6 Å². The van der Waals surface area contributed by atoms with Crippen molar-refractivity contribution in [1.29, 1.82) is 0 Å². The van der Waals surface area contributed by atoms with Crippen LogP contribution in [-0.2, 0) is 17.6 Å². The third-order valence-corrected chi connectivity index (χ3v) is 5.91. The fourth-order valence-electron chi connectivity index (χ4n) is 3.41. The maximum absolute atomic E-state index is 11.8. The molecule has 0 saturated heterocycles. The monoisotopic (exact) mass is 367 g/mol. The molecule has 0 amide bonds. The van der Waals surface area contributed by atoms with Crippen molar-refractivity contribution in [2.75, 3.05) is 11.9 Å².